The van der Waals surface area contributed by atoms with Gasteiger partial charge in [-0.15, -0.1) is 0 Å². The lowest BCUT2D eigenvalue weighted by atomic mass is 9.81. The molecule has 7 heteroatoms. The van der Waals surface area contributed by atoms with Crippen LogP contribution in [0.2, 0.25) is 0 Å². The van der Waals surface area contributed by atoms with E-state index < -0.39 is 42.1 Å². The molecule has 2 rings (SSSR count). The van der Waals surface area contributed by atoms with Gasteiger partial charge in [0.05, 0.1) is 12.0 Å². The van der Waals surface area contributed by atoms with Crippen LogP contribution < -0.4 is 0 Å². The van der Waals surface area contributed by atoms with Crippen LogP contribution in [-0.4, -0.2) is 30.8 Å². The third-order valence-corrected chi connectivity index (χ3v) is 3.99. The monoisotopic (exact) mass is 307 g/mol. The summed E-state index contributed by atoms with van der Waals surface area (Å²) in [7, 11) is 0. The molecule has 0 aromatic heterocycles. The largest absolute Gasteiger partial charge is 0.450 e. The highest BCUT2D eigenvalue weighted by Gasteiger charge is 2.63. The Hall–Kier alpha value is -2.36. The number of carbonyl (C=O) groups is 3. The van der Waals surface area contributed by atoms with E-state index in [-0.39, 0.29) is 11.5 Å². The van der Waals surface area contributed by atoms with E-state index in [4.69, 9.17) is 9.47 Å². The molecule has 0 bridgehead atoms. The zero-order valence-electron chi connectivity index (χ0n) is 12.5. The van der Waals surface area contributed by atoms with E-state index in [0.29, 0.717) is 12.8 Å². The van der Waals surface area contributed by atoms with Crippen LogP contribution in [0.15, 0.2) is 12.2 Å². The molecule has 1 saturated carbocycles. The Morgan fingerprint density at radius 1 is 1.55 bits per heavy atom. The minimum absolute atomic E-state index is 0.160. The summed E-state index contributed by atoms with van der Waals surface area (Å²) in [6, 6.07) is 2.03. The summed E-state index contributed by atoms with van der Waals surface area (Å²) in [4.78, 5) is 34.9. The first-order chi connectivity index (χ1) is 10.3. The van der Waals surface area contributed by atoms with Gasteiger partial charge in [0.15, 0.2) is 12.0 Å². The number of hydrogen-bond donors (Lipinski definition) is 0. The van der Waals surface area contributed by atoms with Gasteiger partial charge in [-0.25, -0.2) is 9.59 Å². The van der Waals surface area contributed by atoms with Crippen LogP contribution in [0.3, 0.4) is 0 Å². The number of nitrogens with zero attached hydrogens (tertiary/aromatic N) is 1. The van der Waals surface area contributed by atoms with Crippen LogP contribution in [-0.2, 0) is 28.6 Å². The number of carbonyl (C=O) groups excluding carboxylic acids is 3. The van der Waals surface area contributed by atoms with E-state index >= 15 is 0 Å². The fourth-order valence-corrected chi connectivity index (χ4v) is 2.98. The van der Waals surface area contributed by atoms with Gasteiger partial charge in [-0.2, -0.15) is 5.26 Å². The molecule has 1 aliphatic heterocycles. The molecular formula is C15H17NO6. The Morgan fingerprint density at radius 3 is 2.82 bits per heavy atom. The topological polar surface area (TPSA) is 103 Å². The predicted octanol–water partition coefficient (Wildman–Crippen LogP) is 1.09. The van der Waals surface area contributed by atoms with Crippen LogP contribution in [0.5, 0.6) is 0 Å². The molecular weight excluding hydrogens is 290 g/mol. The molecule has 0 spiro atoms. The first-order valence-corrected chi connectivity index (χ1v) is 6.94. The van der Waals surface area contributed by atoms with Gasteiger partial charge in [0, 0.05) is 5.57 Å². The molecule has 0 radical (unpaired) electrons. The lowest BCUT2D eigenvalue weighted by Gasteiger charge is -2.18. The van der Waals surface area contributed by atoms with Gasteiger partial charge < -0.3 is 14.2 Å². The van der Waals surface area contributed by atoms with E-state index in [0.717, 1.165) is 0 Å². The molecule has 0 aromatic carbocycles. The second-order valence-electron chi connectivity index (χ2n) is 5.85. The van der Waals surface area contributed by atoms with E-state index in [1.165, 1.54) is 6.92 Å². The number of hydrogen-bond acceptors (Lipinski definition) is 7. The van der Waals surface area contributed by atoms with E-state index in [1.807, 2.05) is 13.0 Å². The Bertz CT molecular complexity index is 577. The molecule has 3 unspecified atom stereocenters. The first kappa shape index (κ1) is 16.0. The van der Waals surface area contributed by atoms with E-state index in [9.17, 15) is 19.6 Å². The zero-order chi connectivity index (χ0) is 16.5. The van der Waals surface area contributed by atoms with Crippen LogP contribution in [0.4, 0.5) is 0 Å². The fraction of sp³-hybridized carbons (Fsp3) is 0.600. The molecule has 1 saturated heterocycles. The summed E-state index contributed by atoms with van der Waals surface area (Å²) in [5.41, 5.74) is -1.08. The molecule has 0 amide bonds. The normalized spacial score (nSPS) is 32.6. The van der Waals surface area contributed by atoms with Crippen molar-refractivity contribution in [2.45, 2.75) is 33.0 Å². The van der Waals surface area contributed by atoms with Crippen LogP contribution in [0.25, 0.3) is 0 Å². The standard InChI is InChI=1S/C15H17NO6/c1-8(2)12(18)20-6-11(17)21-13-10-4-9(3)5-15(10,7-16)14(19)22-13/h9-10,13H,1,4-6H2,2-3H3/t9?,10?,13-,15?/m1/s1. The third kappa shape index (κ3) is 2.69. The van der Waals surface area contributed by atoms with Crippen molar-refractivity contribution in [3.63, 3.8) is 0 Å². The highest BCUT2D eigenvalue weighted by molar-refractivity contribution is 5.88. The number of nitriles is 1. The minimum Gasteiger partial charge on any atom is -0.450 e. The van der Waals surface area contributed by atoms with Gasteiger partial charge in [-0.05, 0) is 25.7 Å². The molecule has 4 atom stereocenters. The summed E-state index contributed by atoms with van der Waals surface area (Å²) in [6.45, 7) is 6.17. The van der Waals surface area contributed by atoms with Crippen molar-refractivity contribution in [2.24, 2.45) is 17.3 Å². The Kier molecular flexibility index (Phi) is 4.22. The van der Waals surface area contributed by atoms with Gasteiger partial charge >= 0.3 is 17.9 Å². The molecule has 0 N–H and O–H groups in total. The van der Waals surface area contributed by atoms with Gasteiger partial charge in [0.1, 0.15) is 0 Å². The quantitative estimate of drug-likeness (QED) is 0.565. The molecule has 1 heterocycles. The number of esters is 3. The predicted molar refractivity (Wildman–Crippen MR) is 71.7 cm³/mol. The summed E-state index contributed by atoms with van der Waals surface area (Å²) in [5.74, 6) is -2.51. The summed E-state index contributed by atoms with van der Waals surface area (Å²) in [6.07, 6.45) is -0.151. The van der Waals surface area contributed by atoms with Gasteiger partial charge in [-0.1, -0.05) is 13.5 Å². The van der Waals surface area contributed by atoms with Crippen molar-refractivity contribution in [3.05, 3.63) is 12.2 Å². The number of cyclic esters (lactones) is 1. The number of ether oxygens (including phenoxy) is 3. The van der Waals surface area contributed by atoms with Crippen molar-refractivity contribution in [2.75, 3.05) is 6.61 Å². The van der Waals surface area contributed by atoms with Crippen LogP contribution in [0.1, 0.15) is 26.7 Å². The Morgan fingerprint density at radius 2 is 2.23 bits per heavy atom. The highest BCUT2D eigenvalue weighted by atomic mass is 16.7. The van der Waals surface area contributed by atoms with Gasteiger partial charge in [0.25, 0.3) is 6.29 Å². The molecule has 2 fully saturated rings. The Labute approximate surface area is 127 Å². The van der Waals surface area contributed by atoms with Crippen molar-refractivity contribution in [1.82, 2.24) is 0 Å². The zero-order valence-corrected chi connectivity index (χ0v) is 12.5. The van der Waals surface area contributed by atoms with Crippen molar-refractivity contribution < 1.29 is 28.6 Å². The second kappa shape index (κ2) is 5.79. The second-order valence-corrected chi connectivity index (χ2v) is 5.85. The molecule has 0 aromatic rings. The summed E-state index contributed by atoms with van der Waals surface area (Å²) in [5, 5.41) is 9.33. The summed E-state index contributed by atoms with van der Waals surface area (Å²) < 4.78 is 14.8. The molecule has 1 aliphatic carbocycles. The maximum absolute atomic E-state index is 12.0. The number of rotatable bonds is 4. The van der Waals surface area contributed by atoms with Gasteiger partial charge in [-0.3, -0.25) is 4.79 Å². The molecule has 22 heavy (non-hydrogen) atoms. The average molecular weight is 307 g/mol. The van der Waals surface area contributed by atoms with E-state index in [2.05, 4.69) is 11.3 Å². The average Bonchev–Trinajstić information content (AvgIpc) is 2.92. The SMILES string of the molecule is C=C(C)C(=O)OCC(=O)O[C@@H]1OC(=O)C2(C#N)CC(C)CC12. The lowest BCUT2D eigenvalue weighted by molar-refractivity contribution is -0.187. The van der Waals surface area contributed by atoms with Gasteiger partial charge in [0.2, 0.25) is 0 Å². The minimum atomic E-state index is -1.24. The maximum Gasteiger partial charge on any atom is 0.347 e. The number of fused-ring (bicyclic) bond motifs is 1. The van der Waals surface area contributed by atoms with Crippen LogP contribution in [0, 0.1) is 28.6 Å². The first-order valence-electron chi connectivity index (χ1n) is 6.94. The maximum atomic E-state index is 12.0. The van der Waals surface area contributed by atoms with E-state index in [1.54, 1.807) is 0 Å². The third-order valence-electron chi connectivity index (χ3n) is 3.99. The lowest BCUT2D eigenvalue weighted by Crippen LogP contribution is -2.31. The Balaban J connectivity index is 1.98. The molecule has 2 aliphatic rings. The fourth-order valence-electron chi connectivity index (χ4n) is 2.98. The highest BCUT2D eigenvalue weighted by Crippen LogP contribution is 2.53. The van der Waals surface area contributed by atoms with Crippen LogP contribution >= 0.6 is 0 Å². The molecule has 7 nitrogen and oxygen atoms in total. The molecule has 118 valence electrons. The summed E-state index contributed by atoms with van der Waals surface area (Å²) >= 11 is 0. The van der Waals surface area contributed by atoms with Crippen molar-refractivity contribution in [1.29, 1.82) is 5.26 Å². The van der Waals surface area contributed by atoms with Crippen molar-refractivity contribution in [3.8, 4) is 6.07 Å². The van der Waals surface area contributed by atoms with Crippen molar-refractivity contribution >= 4 is 17.9 Å². The smallest absolute Gasteiger partial charge is 0.347 e.